The van der Waals surface area contributed by atoms with Gasteiger partial charge in [0.05, 0.1) is 6.54 Å². The third kappa shape index (κ3) is 4.22. The molecule has 0 amide bonds. The van der Waals surface area contributed by atoms with Crippen molar-refractivity contribution in [3.8, 4) is 0 Å². The summed E-state index contributed by atoms with van der Waals surface area (Å²) in [4.78, 5) is 6.31. The minimum atomic E-state index is -2.45. The second-order valence-corrected chi connectivity index (χ2v) is 4.83. The Balaban J connectivity index is 0.00000144. The number of rotatable bonds is 2. The van der Waals surface area contributed by atoms with Gasteiger partial charge in [0.25, 0.3) is 0 Å². The van der Waals surface area contributed by atoms with E-state index in [0.29, 0.717) is 13.0 Å². The first-order valence-electron chi connectivity index (χ1n) is 5.94. The van der Waals surface area contributed by atoms with Gasteiger partial charge in [0, 0.05) is 33.0 Å². The lowest BCUT2D eigenvalue weighted by Crippen LogP contribution is -2.40. The number of likely N-dealkylation sites (N-methyl/N-ethyl adjacent to an activating group) is 1. The van der Waals surface area contributed by atoms with Crippen LogP contribution in [0.15, 0.2) is 4.99 Å². The van der Waals surface area contributed by atoms with Gasteiger partial charge in [-0.1, -0.05) is 0 Å². The molecule has 0 saturated heterocycles. The fraction of sp³-hybridized carbons (Fsp3) is 0.909. The predicted octanol–water partition coefficient (Wildman–Crippen LogP) is 2.32. The van der Waals surface area contributed by atoms with Crippen molar-refractivity contribution in [3.05, 3.63) is 0 Å². The van der Waals surface area contributed by atoms with E-state index in [1.54, 1.807) is 0 Å². The third-order valence-corrected chi connectivity index (χ3v) is 3.35. The van der Waals surface area contributed by atoms with Crippen molar-refractivity contribution in [2.24, 2.45) is 10.9 Å². The Labute approximate surface area is 118 Å². The summed E-state index contributed by atoms with van der Waals surface area (Å²) in [6.07, 6.45) is 1.63. The summed E-state index contributed by atoms with van der Waals surface area (Å²) in [5.41, 5.74) is 0. The monoisotopic (exact) mass is 359 g/mol. The zero-order chi connectivity index (χ0) is 11.6. The van der Waals surface area contributed by atoms with Gasteiger partial charge >= 0.3 is 0 Å². The molecule has 1 aliphatic heterocycles. The molecule has 0 bridgehead atoms. The molecule has 1 fully saturated rings. The van der Waals surface area contributed by atoms with Gasteiger partial charge in [0.1, 0.15) is 0 Å². The maximum Gasteiger partial charge on any atom is 0.248 e. The fourth-order valence-electron chi connectivity index (χ4n) is 2.41. The molecular formula is C11H20F2IN3. The van der Waals surface area contributed by atoms with Gasteiger partial charge in [-0.05, 0) is 18.8 Å². The first-order valence-corrected chi connectivity index (χ1v) is 5.94. The first kappa shape index (κ1) is 14.9. The zero-order valence-corrected chi connectivity index (χ0v) is 12.4. The number of nitrogens with zero attached hydrogens (tertiary/aromatic N) is 2. The predicted molar refractivity (Wildman–Crippen MR) is 75.3 cm³/mol. The average Bonchev–Trinajstić information content (AvgIpc) is 2.60. The molecule has 0 aromatic rings. The zero-order valence-electron chi connectivity index (χ0n) is 10.1. The van der Waals surface area contributed by atoms with Crippen LogP contribution >= 0.6 is 24.0 Å². The van der Waals surface area contributed by atoms with Crippen LogP contribution in [0.25, 0.3) is 0 Å². The minimum Gasteiger partial charge on any atom is -0.356 e. The molecule has 0 spiro atoms. The van der Waals surface area contributed by atoms with Crippen LogP contribution in [0.2, 0.25) is 0 Å². The molecule has 3 nitrogen and oxygen atoms in total. The molecule has 1 heterocycles. The topological polar surface area (TPSA) is 27.6 Å². The van der Waals surface area contributed by atoms with E-state index in [0.717, 1.165) is 25.5 Å². The Kier molecular flexibility index (Phi) is 5.40. The maximum atomic E-state index is 13.2. The van der Waals surface area contributed by atoms with Gasteiger partial charge in [-0.2, -0.15) is 0 Å². The highest BCUT2D eigenvalue weighted by molar-refractivity contribution is 14.0. The molecule has 6 heteroatoms. The molecule has 17 heavy (non-hydrogen) atoms. The highest BCUT2D eigenvalue weighted by Crippen LogP contribution is 2.36. The van der Waals surface area contributed by atoms with Crippen LogP contribution in [0.4, 0.5) is 8.78 Å². The summed E-state index contributed by atoms with van der Waals surface area (Å²) in [7, 11) is 1.97. The number of hydrogen-bond acceptors (Lipinski definition) is 3. The maximum absolute atomic E-state index is 13.2. The second-order valence-electron chi connectivity index (χ2n) is 4.83. The Morgan fingerprint density at radius 3 is 2.88 bits per heavy atom. The van der Waals surface area contributed by atoms with Crippen LogP contribution in [0, 0.1) is 5.92 Å². The standard InChI is InChI=1S/C11H19F2N3.HI/c1-16-6-5-14-10(16)15-8-9-3-2-4-11(12,13)7-9;/h9H,2-8H2,1H3,(H,14,15);1H. The van der Waals surface area contributed by atoms with E-state index < -0.39 is 5.92 Å². The van der Waals surface area contributed by atoms with E-state index in [9.17, 15) is 8.78 Å². The van der Waals surface area contributed by atoms with Crippen molar-refractivity contribution in [1.82, 2.24) is 10.2 Å². The second kappa shape index (κ2) is 6.15. The summed E-state index contributed by atoms with van der Waals surface area (Å²) in [6, 6.07) is 0. The van der Waals surface area contributed by atoms with E-state index in [-0.39, 0.29) is 42.7 Å². The molecular weight excluding hydrogens is 339 g/mol. The Morgan fingerprint density at radius 1 is 1.53 bits per heavy atom. The molecule has 0 aromatic carbocycles. The molecule has 1 unspecified atom stereocenters. The number of halogens is 3. The smallest absolute Gasteiger partial charge is 0.248 e. The van der Waals surface area contributed by atoms with Crippen LogP contribution in [0.3, 0.4) is 0 Å². The molecule has 2 rings (SSSR count). The molecule has 2 aliphatic rings. The molecule has 1 atom stereocenters. The summed E-state index contributed by atoms with van der Waals surface area (Å²) < 4.78 is 26.3. The lowest BCUT2D eigenvalue weighted by molar-refractivity contribution is -0.0515. The normalized spacial score (nSPS) is 27.4. The first-order chi connectivity index (χ1) is 7.57. The van der Waals surface area contributed by atoms with E-state index in [1.807, 2.05) is 11.9 Å². The van der Waals surface area contributed by atoms with E-state index in [1.165, 1.54) is 0 Å². The minimum absolute atomic E-state index is 0. The van der Waals surface area contributed by atoms with E-state index >= 15 is 0 Å². The summed E-state index contributed by atoms with van der Waals surface area (Å²) in [5.74, 6) is -1.51. The number of nitrogens with one attached hydrogen (secondary N) is 1. The van der Waals surface area contributed by atoms with Crippen molar-refractivity contribution >= 4 is 29.9 Å². The average molecular weight is 359 g/mol. The molecule has 100 valence electrons. The van der Waals surface area contributed by atoms with Crippen molar-refractivity contribution in [3.63, 3.8) is 0 Å². The van der Waals surface area contributed by atoms with Gasteiger partial charge in [-0.25, -0.2) is 8.78 Å². The SMILES string of the molecule is CN1CCN=C1NCC1CCCC(F)(F)C1.I. The number of hydrogen-bond donors (Lipinski definition) is 1. The lowest BCUT2D eigenvalue weighted by atomic mass is 9.86. The van der Waals surface area contributed by atoms with Crippen molar-refractivity contribution in [1.29, 1.82) is 0 Å². The van der Waals surface area contributed by atoms with Crippen LogP contribution in [-0.4, -0.2) is 43.5 Å². The van der Waals surface area contributed by atoms with Gasteiger partial charge in [0.2, 0.25) is 5.92 Å². The number of alkyl halides is 2. The Bertz CT molecular complexity index is 284. The largest absolute Gasteiger partial charge is 0.356 e. The summed E-state index contributed by atoms with van der Waals surface area (Å²) in [6.45, 7) is 2.35. The molecule has 1 aliphatic carbocycles. The summed E-state index contributed by atoms with van der Waals surface area (Å²) >= 11 is 0. The van der Waals surface area contributed by atoms with Crippen LogP contribution in [0.5, 0.6) is 0 Å². The lowest BCUT2D eigenvalue weighted by Gasteiger charge is -2.29. The molecule has 0 aromatic heterocycles. The number of aliphatic imine (C=N–C) groups is 1. The van der Waals surface area contributed by atoms with Gasteiger partial charge in [-0.15, -0.1) is 24.0 Å². The van der Waals surface area contributed by atoms with Crippen molar-refractivity contribution in [2.45, 2.75) is 31.6 Å². The Hall–Kier alpha value is -0.140. The fourth-order valence-corrected chi connectivity index (χ4v) is 2.41. The van der Waals surface area contributed by atoms with Crippen LogP contribution in [-0.2, 0) is 0 Å². The van der Waals surface area contributed by atoms with Crippen LogP contribution in [0.1, 0.15) is 25.7 Å². The van der Waals surface area contributed by atoms with Crippen molar-refractivity contribution in [2.75, 3.05) is 26.7 Å². The van der Waals surface area contributed by atoms with Crippen molar-refractivity contribution < 1.29 is 8.78 Å². The molecule has 1 saturated carbocycles. The van der Waals surface area contributed by atoms with Crippen LogP contribution < -0.4 is 5.32 Å². The van der Waals surface area contributed by atoms with E-state index in [4.69, 9.17) is 0 Å². The van der Waals surface area contributed by atoms with Gasteiger partial charge in [-0.3, -0.25) is 4.99 Å². The molecule has 1 N–H and O–H groups in total. The van der Waals surface area contributed by atoms with Gasteiger partial charge < -0.3 is 10.2 Å². The summed E-state index contributed by atoms with van der Waals surface area (Å²) in [5, 5.41) is 3.18. The quantitative estimate of drug-likeness (QED) is 0.767. The Morgan fingerprint density at radius 2 is 2.29 bits per heavy atom. The third-order valence-electron chi connectivity index (χ3n) is 3.35. The van der Waals surface area contributed by atoms with E-state index in [2.05, 4.69) is 10.3 Å². The highest BCUT2D eigenvalue weighted by atomic mass is 127. The van der Waals surface area contributed by atoms with Gasteiger partial charge in [0.15, 0.2) is 5.96 Å². The highest BCUT2D eigenvalue weighted by Gasteiger charge is 2.36. The number of guanidine groups is 1. The molecule has 0 radical (unpaired) electrons.